The second-order valence-electron chi connectivity index (χ2n) is 8.97. The molecule has 3 unspecified atom stereocenters. The Balaban J connectivity index is 2.07. The summed E-state index contributed by atoms with van der Waals surface area (Å²) in [6.45, 7) is 8.82. The molecule has 1 aromatic carbocycles. The van der Waals surface area contributed by atoms with E-state index in [1.807, 2.05) is 13.8 Å². The van der Waals surface area contributed by atoms with Crippen LogP contribution in [0.4, 0.5) is 8.78 Å². The maximum absolute atomic E-state index is 13.7. The molecule has 1 fully saturated rings. The van der Waals surface area contributed by atoms with Crippen LogP contribution in [0.5, 0.6) is 0 Å². The van der Waals surface area contributed by atoms with Crippen LogP contribution in [0.25, 0.3) is 0 Å². The van der Waals surface area contributed by atoms with Gasteiger partial charge in [-0.15, -0.1) is 0 Å². The SMILES string of the molecule is CC(=O)C1NNC2C(C(=O)OC(C)C)=CN(C(=O)c3ccc(F)c(F)c3)CC(C)(C)C12. The summed E-state index contributed by atoms with van der Waals surface area (Å²) in [5.41, 5.74) is 5.49. The summed E-state index contributed by atoms with van der Waals surface area (Å²) in [6, 6.07) is 1.74. The van der Waals surface area contributed by atoms with Gasteiger partial charge in [0.2, 0.25) is 0 Å². The molecule has 2 aliphatic rings. The summed E-state index contributed by atoms with van der Waals surface area (Å²) in [7, 11) is 0. The highest BCUT2D eigenvalue weighted by Crippen LogP contribution is 2.41. The van der Waals surface area contributed by atoms with Crippen molar-refractivity contribution in [2.75, 3.05) is 6.54 Å². The second kappa shape index (κ2) is 8.47. The molecule has 3 rings (SSSR count). The minimum atomic E-state index is -1.14. The summed E-state index contributed by atoms with van der Waals surface area (Å²) in [6.07, 6.45) is 0.995. The molecule has 0 saturated carbocycles. The highest BCUT2D eigenvalue weighted by molar-refractivity contribution is 5.97. The molecule has 0 aromatic heterocycles. The Morgan fingerprint density at radius 1 is 1.16 bits per heavy atom. The van der Waals surface area contributed by atoms with Crippen molar-refractivity contribution in [2.24, 2.45) is 11.3 Å². The van der Waals surface area contributed by atoms with Gasteiger partial charge in [-0.3, -0.25) is 9.59 Å². The molecular formula is C22H27F2N3O4. The first kappa shape index (κ1) is 23.0. The van der Waals surface area contributed by atoms with Crippen LogP contribution in [-0.2, 0) is 14.3 Å². The van der Waals surface area contributed by atoms with Gasteiger partial charge in [-0.05, 0) is 44.4 Å². The number of benzene rings is 1. The fourth-order valence-corrected chi connectivity index (χ4v) is 4.31. The van der Waals surface area contributed by atoms with Crippen molar-refractivity contribution in [3.63, 3.8) is 0 Å². The van der Waals surface area contributed by atoms with Crippen molar-refractivity contribution in [2.45, 2.75) is 52.8 Å². The van der Waals surface area contributed by atoms with Gasteiger partial charge in [0.1, 0.15) is 5.78 Å². The topological polar surface area (TPSA) is 87.7 Å². The molecule has 2 aliphatic heterocycles. The lowest BCUT2D eigenvalue weighted by molar-refractivity contribution is -0.143. The van der Waals surface area contributed by atoms with Crippen molar-refractivity contribution in [1.29, 1.82) is 0 Å². The minimum absolute atomic E-state index is 0.0520. The number of hydrazine groups is 1. The van der Waals surface area contributed by atoms with Crippen LogP contribution in [-0.4, -0.2) is 47.3 Å². The van der Waals surface area contributed by atoms with E-state index < -0.39 is 47.1 Å². The maximum atomic E-state index is 13.7. The fourth-order valence-electron chi connectivity index (χ4n) is 4.31. The third-order valence-corrected chi connectivity index (χ3v) is 5.67. The van der Waals surface area contributed by atoms with Gasteiger partial charge in [0.05, 0.1) is 23.8 Å². The summed E-state index contributed by atoms with van der Waals surface area (Å²) in [5, 5.41) is 0. The summed E-state index contributed by atoms with van der Waals surface area (Å²) in [5.74, 6) is -3.87. The van der Waals surface area contributed by atoms with Gasteiger partial charge in [-0.25, -0.2) is 24.4 Å². The Bertz CT molecular complexity index is 945. The van der Waals surface area contributed by atoms with Crippen molar-refractivity contribution in [3.05, 3.63) is 47.2 Å². The van der Waals surface area contributed by atoms with Gasteiger partial charge in [0, 0.05) is 24.2 Å². The van der Waals surface area contributed by atoms with E-state index in [4.69, 9.17) is 4.74 Å². The number of nitrogens with zero attached hydrogens (tertiary/aromatic N) is 1. The molecule has 1 amide bonds. The number of nitrogens with one attached hydrogen (secondary N) is 2. The van der Waals surface area contributed by atoms with Gasteiger partial charge >= 0.3 is 5.97 Å². The Labute approximate surface area is 179 Å². The standard InChI is InChI=1S/C22H27F2N3O4/c1-11(2)31-21(30)14-9-27(20(29)13-6-7-15(23)16(24)8-13)10-22(4,5)17-18(12(3)28)25-26-19(14)17/h6-9,11,17-19,25-26H,10H2,1-5H3. The molecule has 2 heterocycles. The number of hydrogen-bond donors (Lipinski definition) is 2. The van der Waals surface area contributed by atoms with E-state index in [0.29, 0.717) is 0 Å². The highest BCUT2D eigenvalue weighted by atomic mass is 19.2. The number of rotatable bonds is 4. The minimum Gasteiger partial charge on any atom is -0.460 e. The molecule has 2 N–H and O–H groups in total. The molecule has 3 atom stereocenters. The van der Waals surface area contributed by atoms with Crippen molar-refractivity contribution in [1.82, 2.24) is 15.8 Å². The smallest absolute Gasteiger partial charge is 0.337 e. The molecule has 168 valence electrons. The largest absolute Gasteiger partial charge is 0.460 e. The molecule has 0 radical (unpaired) electrons. The predicted molar refractivity (Wildman–Crippen MR) is 109 cm³/mol. The molecule has 1 aromatic rings. The van der Waals surface area contributed by atoms with Gasteiger partial charge < -0.3 is 9.64 Å². The van der Waals surface area contributed by atoms with E-state index >= 15 is 0 Å². The number of ether oxygens (including phenoxy) is 1. The molecule has 1 saturated heterocycles. The lowest BCUT2D eigenvalue weighted by Gasteiger charge is -2.37. The van der Waals surface area contributed by atoms with Crippen LogP contribution in [0.15, 0.2) is 30.0 Å². The highest BCUT2D eigenvalue weighted by Gasteiger charge is 2.52. The zero-order valence-electron chi connectivity index (χ0n) is 18.2. The molecule has 31 heavy (non-hydrogen) atoms. The van der Waals surface area contributed by atoms with Crippen LogP contribution < -0.4 is 10.9 Å². The number of ketones is 1. The third-order valence-electron chi connectivity index (χ3n) is 5.67. The first-order valence-electron chi connectivity index (χ1n) is 10.1. The molecular weight excluding hydrogens is 408 g/mol. The van der Waals surface area contributed by atoms with Gasteiger partial charge in [-0.1, -0.05) is 13.8 Å². The summed E-state index contributed by atoms with van der Waals surface area (Å²) in [4.78, 5) is 39.6. The van der Waals surface area contributed by atoms with E-state index in [0.717, 1.165) is 12.1 Å². The lowest BCUT2D eigenvalue weighted by Crippen LogP contribution is -2.47. The second-order valence-corrected chi connectivity index (χ2v) is 8.97. The third kappa shape index (κ3) is 4.52. The Hall–Kier alpha value is -2.65. The van der Waals surface area contributed by atoms with E-state index in [2.05, 4.69) is 10.9 Å². The van der Waals surface area contributed by atoms with Crippen molar-refractivity contribution >= 4 is 17.7 Å². The zero-order valence-corrected chi connectivity index (χ0v) is 18.2. The Morgan fingerprint density at radius 2 is 1.84 bits per heavy atom. The molecule has 9 heteroatoms. The number of esters is 1. The van der Waals surface area contributed by atoms with E-state index in [1.54, 1.807) is 13.8 Å². The van der Waals surface area contributed by atoms with Crippen LogP contribution in [0.2, 0.25) is 0 Å². The van der Waals surface area contributed by atoms with Gasteiger partial charge in [0.15, 0.2) is 11.6 Å². The zero-order chi connectivity index (χ0) is 23.1. The number of Topliss-reactive ketones (excluding diaryl/α,β-unsaturated/α-hetero) is 1. The molecule has 0 bridgehead atoms. The monoisotopic (exact) mass is 435 g/mol. The maximum Gasteiger partial charge on any atom is 0.337 e. The van der Waals surface area contributed by atoms with Crippen LogP contribution in [0.3, 0.4) is 0 Å². The lowest BCUT2D eigenvalue weighted by atomic mass is 9.70. The number of fused-ring (bicyclic) bond motifs is 1. The van der Waals surface area contributed by atoms with Gasteiger partial charge in [-0.2, -0.15) is 0 Å². The van der Waals surface area contributed by atoms with Crippen molar-refractivity contribution < 1.29 is 27.9 Å². The molecule has 7 nitrogen and oxygen atoms in total. The van der Waals surface area contributed by atoms with Crippen LogP contribution >= 0.6 is 0 Å². The predicted octanol–water partition coefficient (Wildman–Crippen LogP) is 2.33. The summed E-state index contributed by atoms with van der Waals surface area (Å²) < 4.78 is 32.4. The molecule has 0 aliphatic carbocycles. The first-order chi connectivity index (χ1) is 14.4. The average Bonchev–Trinajstić information content (AvgIpc) is 3.07. The van der Waals surface area contributed by atoms with Crippen LogP contribution in [0, 0.1) is 23.0 Å². The van der Waals surface area contributed by atoms with Gasteiger partial charge in [0.25, 0.3) is 5.91 Å². The number of hydrogen-bond acceptors (Lipinski definition) is 6. The van der Waals surface area contributed by atoms with Crippen molar-refractivity contribution in [3.8, 4) is 0 Å². The number of amides is 1. The fraction of sp³-hybridized carbons (Fsp3) is 0.500. The van der Waals surface area contributed by atoms with E-state index in [9.17, 15) is 23.2 Å². The van der Waals surface area contributed by atoms with E-state index in [-0.39, 0.29) is 29.4 Å². The number of carbonyl (C=O) groups excluding carboxylic acids is 3. The Kier molecular flexibility index (Phi) is 6.29. The summed E-state index contributed by atoms with van der Waals surface area (Å²) >= 11 is 0. The first-order valence-corrected chi connectivity index (χ1v) is 10.1. The van der Waals surface area contributed by atoms with Crippen LogP contribution in [0.1, 0.15) is 45.0 Å². The quantitative estimate of drug-likeness (QED) is 0.706. The average molecular weight is 435 g/mol. The number of carbonyl (C=O) groups is 3. The number of halogens is 2. The normalized spacial score (nSPS) is 25.0. The van der Waals surface area contributed by atoms with E-state index in [1.165, 1.54) is 24.1 Å². The Morgan fingerprint density at radius 3 is 2.42 bits per heavy atom. The molecule has 0 spiro atoms.